The first kappa shape index (κ1) is 20.1. The Kier molecular flexibility index (Phi) is 4.76. The maximum absolute atomic E-state index is 10.0. The van der Waals surface area contributed by atoms with Gasteiger partial charge in [-0.25, -0.2) is 0 Å². The molecule has 0 aromatic heterocycles. The van der Waals surface area contributed by atoms with Crippen molar-refractivity contribution in [3.63, 3.8) is 0 Å². The molecule has 0 amide bonds. The van der Waals surface area contributed by atoms with Crippen LogP contribution in [0.3, 0.4) is 0 Å². The van der Waals surface area contributed by atoms with E-state index in [0.29, 0.717) is 44.2 Å². The fourth-order valence-electron chi connectivity index (χ4n) is 6.68. The Labute approximate surface area is 278 Å². The molecule has 0 N–H and O–H groups in total. The van der Waals surface area contributed by atoms with Gasteiger partial charge in [-0.2, -0.15) is 0 Å². The molecule has 0 heteroatoms. The Morgan fingerprint density at radius 3 is 1.72 bits per heavy atom. The molecule has 9 aromatic carbocycles. The van der Waals surface area contributed by atoms with E-state index in [-0.39, 0.29) is 53.1 Å². The van der Waals surface area contributed by atoms with Crippen molar-refractivity contribution in [2.75, 3.05) is 0 Å². The summed E-state index contributed by atoms with van der Waals surface area (Å²) in [7, 11) is 0. The van der Waals surface area contributed by atoms with Crippen LogP contribution in [0.4, 0.5) is 0 Å². The van der Waals surface area contributed by atoms with E-state index in [4.69, 9.17) is 2.74 Å². The molecule has 0 fully saturated rings. The van der Waals surface area contributed by atoms with Gasteiger partial charge in [-0.3, -0.25) is 0 Å². The second-order valence-corrected chi connectivity index (χ2v) is 11.5. The molecule has 0 saturated heterocycles. The van der Waals surface area contributed by atoms with Crippen molar-refractivity contribution in [2.45, 2.75) is 0 Å². The highest BCUT2D eigenvalue weighted by molar-refractivity contribution is 6.22. The lowest BCUT2D eigenvalue weighted by Gasteiger charge is -2.19. The van der Waals surface area contributed by atoms with Gasteiger partial charge < -0.3 is 0 Å². The minimum Gasteiger partial charge on any atom is -0.0622 e. The SMILES string of the molecule is [2H]c1c([2H])c([2H])c2c(-c3ccc4ccccc4c3)c3c([2H])c(-c4cccc5ccccc45)c([2H])c([2H])c3c(-c3ccc(-c4ccccc4)cc3)c2c1[2H]. The van der Waals surface area contributed by atoms with Crippen molar-refractivity contribution in [3.05, 3.63) is 182 Å². The van der Waals surface area contributed by atoms with Gasteiger partial charge in [0.15, 0.2) is 0 Å². The first-order valence-electron chi connectivity index (χ1n) is 18.9. The van der Waals surface area contributed by atoms with Gasteiger partial charge in [-0.1, -0.05) is 170 Å². The molecule has 0 saturated carbocycles. The number of benzene rings is 9. The third-order valence-electron chi connectivity index (χ3n) is 8.88. The molecule has 0 spiro atoms. The van der Waals surface area contributed by atoms with E-state index in [9.17, 15) is 6.85 Å². The lowest BCUT2D eigenvalue weighted by atomic mass is 9.84. The number of rotatable bonds is 4. The molecule has 0 aliphatic rings. The summed E-state index contributed by atoms with van der Waals surface area (Å²) in [6, 6.07) is 43.6. The maximum Gasteiger partial charge on any atom is 0.0636 e. The zero-order valence-electron chi connectivity index (χ0n) is 31.8. The van der Waals surface area contributed by atoms with Gasteiger partial charge in [0.25, 0.3) is 0 Å². The van der Waals surface area contributed by atoms with Crippen molar-refractivity contribution < 1.29 is 9.60 Å². The predicted molar refractivity (Wildman–Crippen MR) is 198 cm³/mol. The fraction of sp³-hybridized carbons (Fsp3) is 0. The first-order chi connectivity index (χ1) is 25.7. The first-order valence-corrected chi connectivity index (χ1v) is 15.4. The third kappa shape index (κ3) is 4.38. The quantitative estimate of drug-likeness (QED) is 0.179. The maximum atomic E-state index is 10.0. The second kappa shape index (κ2) is 10.9. The summed E-state index contributed by atoms with van der Waals surface area (Å²) in [5.74, 6) is 0. The van der Waals surface area contributed by atoms with Crippen LogP contribution in [0.2, 0.25) is 0 Å². The van der Waals surface area contributed by atoms with Gasteiger partial charge in [0.1, 0.15) is 0 Å². The van der Waals surface area contributed by atoms with Crippen molar-refractivity contribution in [2.24, 2.45) is 0 Å². The molecule has 214 valence electrons. The van der Waals surface area contributed by atoms with E-state index in [1.807, 2.05) is 140 Å². The molecule has 0 atom stereocenters. The number of hydrogen-bond donors (Lipinski definition) is 0. The normalized spacial score (nSPS) is 13.6. The Morgan fingerprint density at radius 1 is 0.326 bits per heavy atom. The minimum atomic E-state index is -0.385. The van der Waals surface area contributed by atoms with Crippen LogP contribution in [-0.4, -0.2) is 0 Å². The summed E-state index contributed by atoms with van der Waals surface area (Å²) in [5, 5.41) is 4.91. The van der Waals surface area contributed by atoms with Crippen LogP contribution < -0.4 is 0 Å². The average Bonchev–Trinajstić information content (AvgIpc) is 3.20. The van der Waals surface area contributed by atoms with Gasteiger partial charge in [-0.15, -0.1) is 0 Å². The zero-order valence-corrected chi connectivity index (χ0v) is 24.8. The van der Waals surface area contributed by atoms with Gasteiger partial charge >= 0.3 is 0 Å². The van der Waals surface area contributed by atoms with E-state index in [0.717, 1.165) is 32.7 Å². The average molecular weight is 590 g/mol. The molecule has 0 nitrogen and oxygen atoms in total. The number of fused-ring (bicyclic) bond motifs is 4. The lowest BCUT2D eigenvalue weighted by Crippen LogP contribution is -1.92. The standard InChI is InChI=1S/C46H30/c1-2-11-31(12-3-1)33-21-24-35(25-22-33)45-41-18-8-9-19-42(41)46(38-26-23-32-13-4-5-15-36(32)29-38)44-30-37(27-28-43(44)45)40-20-10-16-34-14-6-7-17-39(34)40/h1-30H/i8D,9D,18D,19D,27D,28D,30D. The van der Waals surface area contributed by atoms with Gasteiger partial charge in [0, 0.05) is 0 Å². The summed E-state index contributed by atoms with van der Waals surface area (Å²) in [4.78, 5) is 0. The highest BCUT2D eigenvalue weighted by Gasteiger charge is 2.18. The summed E-state index contributed by atoms with van der Waals surface area (Å²) in [5.41, 5.74) is 5.06. The fourth-order valence-corrected chi connectivity index (χ4v) is 6.68. The summed E-state index contributed by atoms with van der Waals surface area (Å²) >= 11 is 0. The van der Waals surface area contributed by atoms with E-state index in [1.54, 1.807) is 0 Å². The molecule has 0 aliphatic heterocycles. The molecule has 9 rings (SSSR count). The molecular formula is C46H30. The van der Waals surface area contributed by atoms with Crippen LogP contribution in [0, 0.1) is 0 Å². The van der Waals surface area contributed by atoms with Gasteiger partial charge in [-0.05, 0) is 99.7 Å². The van der Waals surface area contributed by atoms with Crippen molar-refractivity contribution in [1.82, 2.24) is 0 Å². The molecule has 0 bridgehead atoms. The van der Waals surface area contributed by atoms with Crippen LogP contribution in [0.15, 0.2) is 182 Å². The topological polar surface area (TPSA) is 0 Å². The Hall–Kier alpha value is -5.98. The largest absolute Gasteiger partial charge is 0.0636 e. The Bertz CT molecular complexity index is 2950. The smallest absolute Gasteiger partial charge is 0.0622 e. The van der Waals surface area contributed by atoms with Gasteiger partial charge in [0.2, 0.25) is 0 Å². The highest BCUT2D eigenvalue weighted by atomic mass is 14.2. The second-order valence-electron chi connectivity index (χ2n) is 11.5. The highest BCUT2D eigenvalue weighted by Crippen LogP contribution is 2.46. The third-order valence-corrected chi connectivity index (χ3v) is 8.88. The van der Waals surface area contributed by atoms with E-state index in [1.165, 1.54) is 0 Å². The molecule has 0 radical (unpaired) electrons. The van der Waals surface area contributed by atoms with Crippen molar-refractivity contribution >= 4 is 43.1 Å². The van der Waals surface area contributed by atoms with Crippen molar-refractivity contribution in [1.29, 1.82) is 0 Å². The predicted octanol–water partition coefficient (Wildman–Crippen LogP) is 13.0. The molecule has 9 aromatic rings. The Morgan fingerprint density at radius 2 is 0.913 bits per heavy atom. The molecule has 0 heterocycles. The molecule has 46 heavy (non-hydrogen) atoms. The summed E-state index contributed by atoms with van der Waals surface area (Å²) in [6.07, 6.45) is 0. The van der Waals surface area contributed by atoms with Crippen molar-refractivity contribution in [3.8, 4) is 44.5 Å². The van der Waals surface area contributed by atoms with Crippen LogP contribution >= 0.6 is 0 Å². The monoisotopic (exact) mass is 589 g/mol. The van der Waals surface area contributed by atoms with Crippen LogP contribution in [0.5, 0.6) is 0 Å². The van der Waals surface area contributed by atoms with Crippen LogP contribution in [-0.2, 0) is 0 Å². The van der Waals surface area contributed by atoms with Crippen LogP contribution in [0.1, 0.15) is 9.60 Å². The zero-order chi connectivity index (χ0) is 36.5. The molecular weight excluding hydrogens is 553 g/mol. The molecule has 0 unspecified atom stereocenters. The Balaban J connectivity index is 1.52. The number of hydrogen-bond acceptors (Lipinski definition) is 0. The van der Waals surface area contributed by atoms with E-state index < -0.39 is 0 Å². The minimum absolute atomic E-state index is 0.0250. The molecule has 0 aliphatic carbocycles. The van der Waals surface area contributed by atoms with E-state index in [2.05, 4.69) is 0 Å². The summed E-state index contributed by atoms with van der Waals surface area (Å²) < 4.78 is 65.8. The van der Waals surface area contributed by atoms with Crippen LogP contribution in [0.25, 0.3) is 87.6 Å². The van der Waals surface area contributed by atoms with E-state index >= 15 is 0 Å². The summed E-state index contributed by atoms with van der Waals surface area (Å²) in [6.45, 7) is 0. The lowest BCUT2D eigenvalue weighted by molar-refractivity contribution is 1.61. The van der Waals surface area contributed by atoms with Gasteiger partial charge in [0.05, 0.1) is 9.60 Å².